The molecule has 0 bridgehead atoms. The molecule has 7 nitrogen and oxygen atoms in total. The van der Waals surface area contributed by atoms with Crippen LogP contribution >= 0.6 is 11.6 Å². The van der Waals surface area contributed by atoms with Crippen molar-refractivity contribution in [1.29, 1.82) is 0 Å². The van der Waals surface area contributed by atoms with Crippen molar-refractivity contribution in [3.63, 3.8) is 0 Å². The molecular formula is C20H22ClFN6O. The topological polar surface area (TPSA) is 99.9 Å². The van der Waals surface area contributed by atoms with Crippen molar-refractivity contribution in [2.24, 2.45) is 5.73 Å². The lowest BCUT2D eigenvalue weighted by molar-refractivity contribution is 0.0941. The van der Waals surface area contributed by atoms with Gasteiger partial charge in [0.15, 0.2) is 0 Å². The molecule has 3 heterocycles. The number of benzene rings is 1. The van der Waals surface area contributed by atoms with Crippen LogP contribution < -0.4 is 16.0 Å². The van der Waals surface area contributed by atoms with E-state index in [-0.39, 0.29) is 17.1 Å². The Morgan fingerprint density at radius 1 is 1.45 bits per heavy atom. The predicted octanol–water partition coefficient (Wildman–Crippen LogP) is 2.65. The average Bonchev–Trinajstić information content (AvgIpc) is 3.30. The van der Waals surface area contributed by atoms with Gasteiger partial charge in [0.1, 0.15) is 23.6 Å². The van der Waals surface area contributed by atoms with Gasteiger partial charge in [-0.1, -0.05) is 18.5 Å². The Hall–Kier alpha value is -2.71. The summed E-state index contributed by atoms with van der Waals surface area (Å²) < 4.78 is 14.0. The van der Waals surface area contributed by atoms with Gasteiger partial charge in [-0.3, -0.25) is 4.79 Å². The molecule has 1 aromatic carbocycles. The number of aromatic amines is 1. The summed E-state index contributed by atoms with van der Waals surface area (Å²) in [6.07, 6.45) is 5.03. The van der Waals surface area contributed by atoms with Crippen LogP contribution in [-0.4, -0.2) is 46.0 Å². The van der Waals surface area contributed by atoms with Crippen molar-refractivity contribution in [1.82, 2.24) is 20.3 Å². The Balaban J connectivity index is 1.48. The van der Waals surface area contributed by atoms with Gasteiger partial charge in [-0.15, -0.1) is 0 Å². The highest BCUT2D eigenvalue weighted by atomic mass is 35.5. The van der Waals surface area contributed by atoms with Crippen LogP contribution in [0.4, 0.5) is 10.2 Å². The summed E-state index contributed by atoms with van der Waals surface area (Å²) in [7, 11) is 0. The first-order chi connectivity index (χ1) is 13.9. The molecule has 0 saturated carbocycles. The van der Waals surface area contributed by atoms with Gasteiger partial charge < -0.3 is 20.9 Å². The normalized spacial score (nSPS) is 19.1. The van der Waals surface area contributed by atoms with Crippen molar-refractivity contribution in [3.8, 4) is 0 Å². The highest BCUT2D eigenvalue weighted by Gasteiger charge is 2.36. The van der Waals surface area contributed by atoms with Gasteiger partial charge >= 0.3 is 0 Å². The summed E-state index contributed by atoms with van der Waals surface area (Å²) in [5, 5.41) is 4.01. The number of amides is 1. The van der Waals surface area contributed by atoms with Crippen LogP contribution in [0.5, 0.6) is 0 Å². The zero-order valence-corrected chi connectivity index (χ0v) is 16.8. The number of aromatic nitrogens is 3. The van der Waals surface area contributed by atoms with Crippen LogP contribution in [-0.2, 0) is 6.42 Å². The molecule has 1 saturated heterocycles. The predicted molar refractivity (Wildman–Crippen MR) is 111 cm³/mol. The Bertz CT molecular complexity index is 1070. The molecule has 3 aromatic rings. The molecular weight excluding hydrogens is 395 g/mol. The van der Waals surface area contributed by atoms with Gasteiger partial charge in [-0.05, 0) is 36.6 Å². The maximum atomic E-state index is 14.0. The SMILES string of the molecule is CCc1c[nH]c2ncnc(N3CC[C@](N)(CNC(=O)c4ccc(Cl)cc4F)C3)c12. The van der Waals surface area contributed by atoms with Crippen LogP contribution in [0.15, 0.2) is 30.7 Å². The van der Waals surface area contributed by atoms with E-state index in [2.05, 4.69) is 32.1 Å². The molecule has 1 aliphatic rings. The van der Waals surface area contributed by atoms with E-state index < -0.39 is 17.3 Å². The Morgan fingerprint density at radius 3 is 3.03 bits per heavy atom. The molecule has 4 rings (SSSR count). The summed E-state index contributed by atoms with van der Waals surface area (Å²) in [5.74, 6) is -0.321. The first-order valence-electron chi connectivity index (χ1n) is 9.48. The van der Waals surface area contributed by atoms with Crippen LogP contribution in [0.1, 0.15) is 29.3 Å². The van der Waals surface area contributed by atoms with Crippen molar-refractivity contribution < 1.29 is 9.18 Å². The number of hydrogen-bond acceptors (Lipinski definition) is 5. The fourth-order valence-electron chi connectivity index (χ4n) is 3.77. The van der Waals surface area contributed by atoms with Gasteiger partial charge in [0, 0.05) is 30.9 Å². The monoisotopic (exact) mass is 416 g/mol. The van der Waals surface area contributed by atoms with Gasteiger partial charge in [0.05, 0.1) is 16.5 Å². The highest BCUT2D eigenvalue weighted by Crippen LogP contribution is 2.31. The summed E-state index contributed by atoms with van der Waals surface area (Å²) in [6, 6.07) is 3.97. The molecule has 1 aliphatic heterocycles. The van der Waals surface area contributed by atoms with Gasteiger partial charge in [-0.2, -0.15) is 0 Å². The van der Waals surface area contributed by atoms with E-state index >= 15 is 0 Å². The fourth-order valence-corrected chi connectivity index (χ4v) is 3.93. The van der Waals surface area contributed by atoms with Gasteiger partial charge in [0.25, 0.3) is 5.91 Å². The van der Waals surface area contributed by atoms with E-state index in [1.807, 2.05) is 6.20 Å². The van der Waals surface area contributed by atoms with Crippen molar-refractivity contribution in [2.75, 3.05) is 24.5 Å². The Morgan fingerprint density at radius 2 is 2.28 bits per heavy atom. The molecule has 0 spiro atoms. The van der Waals surface area contributed by atoms with Crippen molar-refractivity contribution in [3.05, 3.63) is 52.7 Å². The molecule has 4 N–H and O–H groups in total. The molecule has 1 fully saturated rings. The largest absolute Gasteiger partial charge is 0.354 e. The number of nitrogens with zero attached hydrogens (tertiary/aromatic N) is 3. The summed E-state index contributed by atoms with van der Waals surface area (Å²) in [4.78, 5) is 26.4. The molecule has 29 heavy (non-hydrogen) atoms. The number of carbonyl (C=O) groups is 1. The second-order valence-electron chi connectivity index (χ2n) is 7.43. The molecule has 0 unspecified atom stereocenters. The lowest BCUT2D eigenvalue weighted by Gasteiger charge is -2.25. The summed E-state index contributed by atoms with van der Waals surface area (Å²) >= 11 is 5.74. The Kier molecular flexibility index (Phi) is 5.14. The molecule has 2 aromatic heterocycles. The van der Waals surface area contributed by atoms with E-state index in [9.17, 15) is 9.18 Å². The standard InChI is InChI=1S/C20H22ClFN6O/c1-2-12-8-24-17-16(12)18(27-11-26-17)28-6-5-20(23,10-28)9-25-19(29)14-4-3-13(21)7-15(14)22/h3-4,7-8,11H,2,5-6,9-10,23H2,1H3,(H,25,29)(H,24,26,27)/t20-/m0/s1. The zero-order valence-electron chi connectivity index (χ0n) is 16.0. The fraction of sp³-hybridized carbons (Fsp3) is 0.350. The van der Waals surface area contributed by atoms with Crippen LogP contribution in [0, 0.1) is 5.82 Å². The van der Waals surface area contributed by atoms with Gasteiger partial charge in [-0.25, -0.2) is 14.4 Å². The minimum Gasteiger partial charge on any atom is -0.354 e. The number of halogens is 2. The summed E-state index contributed by atoms with van der Waals surface area (Å²) in [5.41, 5.74) is 7.80. The minimum absolute atomic E-state index is 0.0507. The molecule has 1 amide bonds. The minimum atomic E-state index is -0.656. The summed E-state index contributed by atoms with van der Waals surface area (Å²) in [6.45, 7) is 3.55. The maximum absolute atomic E-state index is 14.0. The number of carbonyl (C=O) groups excluding carboxylic acids is 1. The second-order valence-corrected chi connectivity index (χ2v) is 7.87. The van der Waals surface area contributed by atoms with E-state index in [0.717, 1.165) is 34.9 Å². The molecule has 0 radical (unpaired) electrons. The third-order valence-electron chi connectivity index (χ3n) is 5.37. The number of H-pyrrole nitrogens is 1. The average molecular weight is 417 g/mol. The number of anilines is 1. The zero-order chi connectivity index (χ0) is 20.6. The van der Waals surface area contributed by atoms with Gasteiger partial charge in [0.2, 0.25) is 0 Å². The van der Waals surface area contributed by atoms with E-state index in [0.29, 0.717) is 19.5 Å². The quantitative estimate of drug-likeness (QED) is 0.593. The molecule has 1 atom stereocenters. The van der Waals surface area contributed by atoms with E-state index in [4.69, 9.17) is 17.3 Å². The first kappa shape index (κ1) is 19.6. The smallest absolute Gasteiger partial charge is 0.254 e. The number of fused-ring (bicyclic) bond motifs is 1. The number of nitrogens with one attached hydrogen (secondary N) is 2. The first-order valence-corrected chi connectivity index (χ1v) is 9.86. The van der Waals surface area contributed by atoms with E-state index in [1.165, 1.54) is 18.5 Å². The van der Waals surface area contributed by atoms with Crippen molar-refractivity contribution >= 4 is 34.4 Å². The van der Waals surface area contributed by atoms with Crippen LogP contribution in [0.3, 0.4) is 0 Å². The second kappa shape index (κ2) is 7.61. The Labute approximate surface area is 172 Å². The van der Waals surface area contributed by atoms with Crippen LogP contribution in [0.2, 0.25) is 5.02 Å². The lowest BCUT2D eigenvalue weighted by atomic mass is 10.00. The number of nitrogens with two attached hydrogens (primary N) is 1. The highest BCUT2D eigenvalue weighted by molar-refractivity contribution is 6.30. The maximum Gasteiger partial charge on any atom is 0.254 e. The third-order valence-corrected chi connectivity index (χ3v) is 5.61. The third kappa shape index (κ3) is 3.77. The molecule has 0 aliphatic carbocycles. The van der Waals surface area contributed by atoms with E-state index in [1.54, 1.807) is 0 Å². The lowest BCUT2D eigenvalue weighted by Crippen LogP contribution is -2.52. The van der Waals surface area contributed by atoms with Crippen LogP contribution in [0.25, 0.3) is 11.0 Å². The molecule has 9 heteroatoms. The molecule has 152 valence electrons. The van der Waals surface area contributed by atoms with Crippen molar-refractivity contribution in [2.45, 2.75) is 25.3 Å². The number of rotatable bonds is 5. The number of aryl methyl sites for hydroxylation is 1. The number of hydrogen-bond donors (Lipinski definition) is 3.